The largest absolute Gasteiger partial charge is 0.379 e. The summed E-state index contributed by atoms with van der Waals surface area (Å²) in [6.45, 7) is 2.85. The lowest BCUT2D eigenvalue weighted by molar-refractivity contribution is -0.384. The summed E-state index contributed by atoms with van der Waals surface area (Å²) in [6.07, 6.45) is 2.51. The molecule has 1 atom stereocenters. The van der Waals surface area contributed by atoms with Gasteiger partial charge in [-0.25, -0.2) is 0 Å². The van der Waals surface area contributed by atoms with Crippen LogP contribution in [0.2, 0.25) is 0 Å². The Morgan fingerprint density at radius 3 is 2.89 bits per heavy atom. The van der Waals surface area contributed by atoms with Crippen molar-refractivity contribution in [1.29, 1.82) is 5.26 Å². The van der Waals surface area contributed by atoms with Crippen LogP contribution in [0.15, 0.2) is 18.2 Å². The van der Waals surface area contributed by atoms with Crippen LogP contribution >= 0.6 is 0 Å². The molecule has 94 valence electrons. The number of benzene rings is 1. The van der Waals surface area contributed by atoms with Crippen LogP contribution in [0.4, 0.5) is 11.4 Å². The smallest absolute Gasteiger partial charge is 0.292 e. The van der Waals surface area contributed by atoms with Gasteiger partial charge in [-0.15, -0.1) is 0 Å². The van der Waals surface area contributed by atoms with Gasteiger partial charge in [-0.2, -0.15) is 5.26 Å². The van der Waals surface area contributed by atoms with E-state index in [0.29, 0.717) is 23.7 Å². The Hall–Kier alpha value is -2.09. The molecule has 5 nitrogen and oxygen atoms in total. The van der Waals surface area contributed by atoms with Crippen LogP contribution in [0.3, 0.4) is 0 Å². The van der Waals surface area contributed by atoms with Gasteiger partial charge in [0, 0.05) is 12.6 Å². The summed E-state index contributed by atoms with van der Waals surface area (Å²) in [4.78, 5) is 10.5. The van der Waals surface area contributed by atoms with E-state index >= 15 is 0 Å². The highest BCUT2D eigenvalue weighted by Crippen LogP contribution is 2.37. The molecule has 1 fully saturated rings. The van der Waals surface area contributed by atoms with Crippen molar-refractivity contribution in [3.63, 3.8) is 0 Å². The van der Waals surface area contributed by atoms with Gasteiger partial charge in [0.25, 0.3) is 5.69 Å². The number of nitrogens with zero attached hydrogens (tertiary/aromatic N) is 2. The third-order valence-corrected chi connectivity index (χ3v) is 3.36. The first-order chi connectivity index (χ1) is 8.61. The number of rotatable bonds is 5. The van der Waals surface area contributed by atoms with Gasteiger partial charge in [-0.3, -0.25) is 10.1 Å². The standard InChI is InChI=1S/C13H15N3O2/c1-9(11-3-4-11)8-15-12-6-10(7-14)2-5-13(12)16(17)18/h2,5-6,9,11,15H,3-4,8H2,1H3. The molecule has 1 saturated carbocycles. The molecule has 18 heavy (non-hydrogen) atoms. The average Bonchev–Trinajstić information content (AvgIpc) is 3.19. The number of nitrogens with one attached hydrogen (secondary N) is 1. The highest BCUT2D eigenvalue weighted by atomic mass is 16.6. The molecule has 1 aromatic carbocycles. The summed E-state index contributed by atoms with van der Waals surface area (Å²) in [6, 6.07) is 6.38. The molecule has 1 aromatic rings. The second-order valence-electron chi connectivity index (χ2n) is 4.80. The van der Waals surface area contributed by atoms with Crippen molar-refractivity contribution in [2.24, 2.45) is 11.8 Å². The third kappa shape index (κ3) is 2.77. The minimum Gasteiger partial charge on any atom is -0.379 e. The molecule has 1 aliphatic rings. The van der Waals surface area contributed by atoms with Gasteiger partial charge in [0.1, 0.15) is 5.69 Å². The Balaban J connectivity index is 2.13. The van der Waals surface area contributed by atoms with Gasteiger partial charge in [0.15, 0.2) is 0 Å². The van der Waals surface area contributed by atoms with Crippen molar-refractivity contribution < 1.29 is 4.92 Å². The SMILES string of the molecule is CC(CNc1cc(C#N)ccc1[N+](=O)[O-])C1CC1. The summed E-state index contributed by atoms with van der Waals surface area (Å²) in [5.41, 5.74) is 0.894. The fraction of sp³-hybridized carbons (Fsp3) is 0.462. The normalized spacial score (nSPS) is 15.8. The lowest BCUT2D eigenvalue weighted by Gasteiger charge is -2.12. The number of anilines is 1. The molecule has 0 heterocycles. The van der Waals surface area contributed by atoms with Crippen molar-refractivity contribution >= 4 is 11.4 Å². The number of hydrogen-bond acceptors (Lipinski definition) is 4. The number of hydrogen-bond donors (Lipinski definition) is 1. The minimum atomic E-state index is -0.425. The maximum Gasteiger partial charge on any atom is 0.292 e. The summed E-state index contributed by atoms with van der Waals surface area (Å²) < 4.78 is 0. The Labute approximate surface area is 106 Å². The van der Waals surface area contributed by atoms with Crippen molar-refractivity contribution in [2.75, 3.05) is 11.9 Å². The van der Waals surface area contributed by atoms with Crippen molar-refractivity contribution in [3.05, 3.63) is 33.9 Å². The molecular formula is C13H15N3O2. The molecule has 0 aliphatic heterocycles. The summed E-state index contributed by atoms with van der Waals surface area (Å²) in [5, 5.41) is 22.8. The fourth-order valence-electron chi connectivity index (χ4n) is 2.01. The molecule has 1 unspecified atom stereocenters. The minimum absolute atomic E-state index is 0.0250. The highest BCUT2D eigenvalue weighted by molar-refractivity contribution is 5.64. The molecule has 1 aliphatic carbocycles. The number of nitriles is 1. The van der Waals surface area contributed by atoms with Crippen LogP contribution in [-0.4, -0.2) is 11.5 Å². The zero-order valence-electron chi connectivity index (χ0n) is 10.2. The quantitative estimate of drug-likeness (QED) is 0.639. The molecule has 0 saturated heterocycles. The topological polar surface area (TPSA) is 79.0 Å². The lowest BCUT2D eigenvalue weighted by Crippen LogP contribution is -2.13. The predicted octanol–water partition coefficient (Wildman–Crippen LogP) is 2.92. The van der Waals surface area contributed by atoms with Gasteiger partial charge in [-0.05, 0) is 36.8 Å². The van der Waals surface area contributed by atoms with E-state index in [4.69, 9.17) is 5.26 Å². The Morgan fingerprint density at radius 1 is 1.61 bits per heavy atom. The second kappa shape index (κ2) is 5.05. The average molecular weight is 245 g/mol. The maximum absolute atomic E-state index is 10.9. The third-order valence-electron chi connectivity index (χ3n) is 3.36. The molecule has 1 N–H and O–H groups in total. The van der Waals surface area contributed by atoms with E-state index in [0.717, 1.165) is 5.92 Å². The second-order valence-corrected chi connectivity index (χ2v) is 4.80. The molecule has 0 amide bonds. The van der Waals surface area contributed by atoms with Gasteiger partial charge in [-0.1, -0.05) is 6.92 Å². The van der Waals surface area contributed by atoms with E-state index in [9.17, 15) is 10.1 Å². The van der Waals surface area contributed by atoms with Gasteiger partial charge in [0.05, 0.1) is 16.6 Å². The Kier molecular flexibility index (Phi) is 3.47. The first kappa shape index (κ1) is 12.4. The van der Waals surface area contributed by atoms with Crippen LogP contribution in [0.1, 0.15) is 25.3 Å². The monoisotopic (exact) mass is 245 g/mol. The van der Waals surface area contributed by atoms with E-state index in [1.807, 2.05) is 6.07 Å². The van der Waals surface area contributed by atoms with Crippen molar-refractivity contribution in [2.45, 2.75) is 19.8 Å². The summed E-state index contributed by atoms with van der Waals surface area (Å²) >= 11 is 0. The van der Waals surface area contributed by atoms with E-state index < -0.39 is 4.92 Å². The molecule has 0 bridgehead atoms. The van der Waals surface area contributed by atoms with Crippen molar-refractivity contribution in [3.8, 4) is 6.07 Å². The van der Waals surface area contributed by atoms with Crippen LogP contribution in [0, 0.1) is 33.3 Å². The number of nitro groups is 1. The van der Waals surface area contributed by atoms with Gasteiger partial charge < -0.3 is 5.32 Å². The fourth-order valence-corrected chi connectivity index (χ4v) is 2.01. The first-order valence-corrected chi connectivity index (χ1v) is 6.04. The van der Waals surface area contributed by atoms with E-state index in [-0.39, 0.29) is 5.69 Å². The van der Waals surface area contributed by atoms with Crippen LogP contribution in [-0.2, 0) is 0 Å². The summed E-state index contributed by atoms with van der Waals surface area (Å²) in [7, 11) is 0. The summed E-state index contributed by atoms with van der Waals surface area (Å²) in [5.74, 6) is 1.26. The van der Waals surface area contributed by atoms with E-state index in [2.05, 4.69) is 12.2 Å². The molecule has 2 rings (SSSR count). The predicted molar refractivity (Wildman–Crippen MR) is 68.2 cm³/mol. The van der Waals surface area contributed by atoms with Crippen LogP contribution in [0.5, 0.6) is 0 Å². The molecule has 0 spiro atoms. The van der Waals surface area contributed by atoms with E-state index in [1.54, 1.807) is 0 Å². The highest BCUT2D eigenvalue weighted by Gasteiger charge is 2.28. The molecule has 0 aromatic heterocycles. The van der Waals surface area contributed by atoms with Gasteiger partial charge in [0.2, 0.25) is 0 Å². The zero-order valence-corrected chi connectivity index (χ0v) is 10.2. The lowest BCUT2D eigenvalue weighted by atomic mass is 10.1. The maximum atomic E-state index is 10.9. The molecule has 0 radical (unpaired) electrons. The van der Waals surface area contributed by atoms with Crippen LogP contribution < -0.4 is 5.32 Å². The van der Waals surface area contributed by atoms with Crippen molar-refractivity contribution in [1.82, 2.24) is 0 Å². The zero-order chi connectivity index (χ0) is 13.1. The number of nitro benzene ring substituents is 1. The van der Waals surface area contributed by atoms with Crippen LogP contribution in [0.25, 0.3) is 0 Å². The van der Waals surface area contributed by atoms with E-state index in [1.165, 1.54) is 31.0 Å². The molecular weight excluding hydrogens is 230 g/mol. The Bertz CT molecular complexity index is 503. The first-order valence-electron chi connectivity index (χ1n) is 6.04. The Morgan fingerprint density at radius 2 is 2.33 bits per heavy atom. The molecule has 5 heteroatoms. The van der Waals surface area contributed by atoms with Gasteiger partial charge >= 0.3 is 0 Å².